The van der Waals surface area contributed by atoms with Crippen molar-refractivity contribution in [2.24, 2.45) is 0 Å². The largest absolute Gasteiger partial charge is 0.507 e. The van der Waals surface area contributed by atoms with Crippen LogP contribution in [0.4, 0.5) is 5.69 Å². The van der Waals surface area contributed by atoms with Gasteiger partial charge in [-0.3, -0.25) is 4.79 Å². The van der Waals surface area contributed by atoms with Gasteiger partial charge in [0.25, 0.3) is 5.91 Å². The molecule has 5 nitrogen and oxygen atoms in total. The minimum Gasteiger partial charge on any atom is -0.507 e. The minimum atomic E-state index is -0.794. The third-order valence-electron chi connectivity index (χ3n) is 2.60. The zero-order chi connectivity index (χ0) is 16.1. The molecule has 0 saturated heterocycles. The Kier molecular flexibility index (Phi) is 5.25. The molecule has 0 aliphatic heterocycles. The number of para-hydroxylation sites is 1. The number of anilines is 1. The maximum atomic E-state index is 11.7. The number of esters is 1. The smallest absolute Gasteiger partial charge is 0.342 e. The second kappa shape index (κ2) is 7.15. The average molecular weight is 340 g/mol. The predicted molar refractivity (Wildman–Crippen MR) is 83.5 cm³/mol. The summed E-state index contributed by atoms with van der Waals surface area (Å²) in [6.07, 6.45) is 0. The van der Waals surface area contributed by atoms with Gasteiger partial charge in [0, 0.05) is 15.7 Å². The van der Waals surface area contributed by atoms with Crippen LogP contribution in [0.5, 0.6) is 5.75 Å². The van der Waals surface area contributed by atoms with Gasteiger partial charge >= 0.3 is 5.97 Å². The highest BCUT2D eigenvalue weighted by molar-refractivity contribution is 6.35. The quantitative estimate of drug-likeness (QED) is 0.836. The monoisotopic (exact) mass is 339 g/mol. The third kappa shape index (κ3) is 4.38. The second-order valence-corrected chi connectivity index (χ2v) is 5.17. The fourth-order valence-electron chi connectivity index (χ4n) is 1.68. The fraction of sp³-hybridized carbons (Fsp3) is 0.0667. The van der Waals surface area contributed by atoms with Crippen molar-refractivity contribution in [3.63, 3.8) is 0 Å². The fourth-order valence-corrected chi connectivity index (χ4v) is 2.20. The van der Waals surface area contributed by atoms with Crippen molar-refractivity contribution in [1.82, 2.24) is 0 Å². The highest BCUT2D eigenvalue weighted by Crippen LogP contribution is 2.22. The maximum Gasteiger partial charge on any atom is 0.342 e. The molecule has 0 heterocycles. The van der Waals surface area contributed by atoms with Crippen LogP contribution in [-0.2, 0) is 9.53 Å². The van der Waals surface area contributed by atoms with Crippen LogP contribution < -0.4 is 5.32 Å². The van der Waals surface area contributed by atoms with Gasteiger partial charge < -0.3 is 15.2 Å². The topological polar surface area (TPSA) is 75.6 Å². The molecule has 2 aromatic rings. The van der Waals surface area contributed by atoms with Gasteiger partial charge in [0.2, 0.25) is 0 Å². The number of nitrogens with one attached hydrogen (secondary N) is 1. The van der Waals surface area contributed by atoms with E-state index in [2.05, 4.69) is 5.32 Å². The van der Waals surface area contributed by atoms with Crippen molar-refractivity contribution < 1.29 is 19.4 Å². The molecule has 0 bridgehead atoms. The lowest BCUT2D eigenvalue weighted by atomic mass is 10.2. The summed E-state index contributed by atoms with van der Waals surface area (Å²) in [7, 11) is 0. The van der Waals surface area contributed by atoms with Gasteiger partial charge in [0.15, 0.2) is 6.61 Å². The number of ether oxygens (including phenoxy) is 1. The maximum absolute atomic E-state index is 11.7. The first-order chi connectivity index (χ1) is 10.5. The number of halogens is 2. The number of rotatable bonds is 4. The Morgan fingerprint density at radius 3 is 2.36 bits per heavy atom. The Morgan fingerprint density at radius 2 is 1.73 bits per heavy atom. The minimum absolute atomic E-state index is 0.0129. The number of benzene rings is 2. The van der Waals surface area contributed by atoms with Gasteiger partial charge in [-0.05, 0) is 30.3 Å². The molecule has 7 heteroatoms. The number of amides is 1. The van der Waals surface area contributed by atoms with Gasteiger partial charge in [-0.15, -0.1) is 0 Å². The molecule has 0 aliphatic rings. The third-order valence-corrected chi connectivity index (χ3v) is 3.04. The van der Waals surface area contributed by atoms with Crippen molar-refractivity contribution in [3.8, 4) is 5.75 Å². The van der Waals surface area contributed by atoms with E-state index in [4.69, 9.17) is 27.9 Å². The van der Waals surface area contributed by atoms with Crippen molar-refractivity contribution in [2.45, 2.75) is 0 Å². The van der Waals surface area contributed by atoms with E-state index in [-0.39, 0.29) is 11.3 Å². The predicted octanol–water partition coefficient (Wildman–Crippen LogP) is 3.49. The Bertz CT molecular complexity index is 698. The lowest BCUT2D eigenvalue weighted by Crippen LogP contribution is -2.21. The zero-order valence-corrected chi connectivity index (χ0v) is 12.7. The molecule has 0 unspecified atom stereocenters. The van der Waals surface area contributed by atoms with Crippen LogP contribution in [0, 0.1) is 0 Å². The summed E-state index contributed by atoms with van der Waals surface area (Å²) in [6, 6.07) is 10.4. The van der Waals surface area contributed by atoms with Crippen LogP contribution >= 0.6 is 23.2 Å². The van der Waals surface area contributed by atoms with E-state index in [1.54, 1.807) is 12.1 Å². The summed E-state index contributed by atoms with van der Waals surface area (Å²) in [5.74, 6) is -1.56. The molecule has 0 atom stereocenters. The van der Waals surface area contributed by atoms with E-state index in [1.807, 2.05) is 0 Å². The standard InChI is InChI=1S/C15H11Cl2NO4/c16-9-5-10(17)7-11(6-9)18-14(20)8-22-15(21)12-3-1-2-4-13(12)19/h1-7,19H,8H2,(H,18,20). The SMILES string of the molecule is O=C(COC(=O)c1ccccc1O)Nc1cc(Cl)cc(Cl)c1. The van der Waals surface area contributed by atoms with Crippen LogP contribution in [-0.4, -0.2) is 23.6 Å². The number of hydrogen-bond donors (Lipinski definition) is 2. The van der Waals surface area contributed by atoms with Crippen molar-refractivity contribution in [1.29, 1.82) is 0 Å². The van der Waals surface area contributed by atoms with Crippen molar-refractivity contribution in [3.05, 3.63) is 58.1 Å². The van der Waals surface area contributed by atoms with Gasteiger partial charge in [0.1, 0.15) is 11.3 Å². The van der Waals surface area contributed by atoms with E-state index < -0.39 is 18.5 Å². The molecule has 0 radical (unpaired) electrons. The van der Waals surface area contributed by atoms with E-state index in [9.17, 15) is 14.7 Å². The van der Waals surface area contributed by atoms with Crippen LogP contribution in [0.25, 0.3) is 0 Å². The number of carbonyl (C=O) groups excluding carboxylic acids is 2. The molecule has 2 rings (SSSR count). The molecular weight excluding hydrogens is 329 g/mol. The van der Waals surface area contributed by atoms with Crippen LogP contribution in [0.2, 0.25) is 10.0 Å². The first kappa shape index (κ1) is 16.1. The number of phenolic OH excluding ortho intramolecular Hbond substituents is 1. The molecular formula is C15H11Cl2NO4. The second-order valence-electron chi connectivity index (χ2n) is 4.30. The van der Waals surface area contributed by atoms with Crippen LogP contribution in [0.1, 0.15) is 10.4 Å². The first-order valence-corrected chi connectivity index (χ1v) is 6.92. The summed E-state index contributed by atoms with van der Waals surface area (Å²) < 4.78 is 4.83. The summed E-state index contributed by atoms with van der Waals surface area (Å²) in [5.41, 5.74) is 0.377. The van der Waals surface area contributed by atoms with E-state index in [0.717, 1.165) is 0 Å². The molecule has 0 saturated carbocycles. The highest BCUT2D eigenvalue weighted by Gasteiger charge is 2.14. The molecule has 0 aromatic heterocycles. The van der Waals surface area contributed by atoms with Crippen LogP contribution in [0.15, 0.2) is 42.5 Å². The molecule has 2 aromatic carbocycles. The number of phenols is 1. The lowest BCUT2D eigenvalue weighted by molar-refractivity contribution is -0.119. The Morgan fingerprint density at radius 1 is 1.09 bits per heavy atom. The first-order valence-electron chi connectivity index (χ1n) is 6.17. The summed E-state index contributed by atoms with van der Waals surface area (Å²) >= 11 is 11.6. The molecule has 2 N–H and O–H groups in total. The van der Waals surface area contributed by atoms with Gasteiger partial charge in [0.05, 0.1) is 0 Å². The highest BCUT2D eigenvalue weighted by atomic mass is 35.5. The van der Waals surface area contributed by atoms with Gasteiger partial charge in [-0.25, -0.2) is 4.79 Å². The average Bonchev–Trinajstić information content (AvgIpc) is 2.44. The Balaban J connectivity index is 1.93. The number of carbonyl (C=O) groups is 2. The van der Waals surface area contributed by atoms with Crippen LogP contribution in [0.3, 0.4) is 0 Å². The summed E-state index contributed by atoms with van der Waals surface area (Å²) in [4.78, 5) is 23.4. The summed E-state index contributed by atoms with van der Waals surface area (Å²) in [5, 5.41) is 12.7. The Labute approximate surface area is 136 Å². The number of aromatic hydroxyl groups is 1. The van der Waals surface area contributed by atoms with E-state index >= 15 is 0 Å². The molecule has 0 spiro atoms. The van der Waals surface area contributed by atoms with E-state index in [1.165, 1.54) is 30.3 Å². The normalized spacial score (nSPS) is 10.1. The molecule has 1 amide bonds. The summed E-state index contributed by atoms with van der Waals surface area (Å²) in [6.45, 7) is -0.503. The molecule has 0 fully saturated rings. The van der Waals surface area contributed by atoms with Gasteiger partial charge in [-0.1, -0.05) is 35.3 Å². The Hall–Kier alpha value is -2.24. The van der Waals surface area contributed by atoms with Crippen molar-refractivity contribution in [2.75, 3.05) is 11.9 Å². The molecule has 114 valence electrons. The number of hydrogen-bond acceptors (Lipinski definition) is 4. The molecule has 22 heavy (non-hydrogen) atoms. The lowest BCUT2D eigenvalue weighted by Gasteiger charge is -2.08. The molecule has 0 aliphatic carbocycles. The van der Waals surface area contributed by atoms with Gasteiger partial charge in [-0.2, -0.15) is 0 Å². The van der Waals surface area contributed by atoms with E-state index in [0.29, 0.717) is 15.7 Å². The zero-order valence-electron chi connectivity index (χ0n) is 11.2. The van der Waals surface area contributed by atoms with Crippen molar-refractivity contribution >= 4 is 40.8 Å².